The molecule has 2 aromatic rings. The number of pyridine rings is 1. The van der Waals surface area contributed by atoms with Crippen molar-refractivity contribution in [1.82, 2.24) is 4.98 Å². The zero-order valence-electron chi connectivity index (χ0n) is 12.6. The molecule has 2 N–H and O–H groups in total. The molecule has 20 heavy (non-hydrogen) atoms. The van der Waals surface area contributed by atoms with E-state index in [4.69, 9.17) is 10.5 Å². The van der Waals surface area contributed by atoms with Crippen molar-refractivity contribution in [1.29, 1.82) is 0 Å². The maximum atomic E-state index is 5.85. The fourth-order valence-electron chi connectivity index (χ4n) is 1.98. The molecule has 0 bridgehead atoms. The Morgan fingerprint density at radius 3 is 2.50 bits per heavy atom. The molecule has 2 rings (SSSR count). The van der Waals surface area contributed by atoms with Crippen molar-refractivity contribution in [2.45, 2.75) is 39.7 Å². The van der Waals surface area contributed by atoms with Crippen LogP contribution in [0.4, 0.5) is 0 Å². The van der Waals surface area contributed by atoms with Crippen LogP contribution in [0.2, 0.25) is 0 Å². The molecule has 0 radical (unpaired) electrons. The maximum absolute atomic E-state index is 5.85. The smallest absolute Gasteiger partial charge is 0.219 e. The lowest BCUT2D eigenvalue weighted by atomic mass is 9.86. The highest BCUT2D eigenvalue weighted by Gasteiger charge is 2.15. The van der Waals surface area contributed by atoms with Crippen molar-refractivity contribution in [2.24, 2.45) is 5.73 Å². The Kier molecular flexibility index (Phi) is 4.09. The minimum absolute atomic E-state index is 0.140. The van der Waals surface area contributed by atoms with Crippen LogP contribution >= 0.6 is 0 Å². The molecule has 1 aromatic heterocycles. The van der Waals surface area contributed by atoms with Crippen molar-refractivity contribution in [3.63, 3.8) is 0 Å². The molecule has 0 aliphatic carbocycles. The number of benzene rings is 1. The van der Waals surface area contributed by atoms with E-state index in [2.05, 4.69) is 44.8 Å². The van der Waals surface area contributed by atoms with Gasteiger partial charge in [-0.15, -0.1) is 0 Å². The second-order valence-electron chi connectivity index (χ2n) is 6.04. The average molecular weight is 270 g/mol. The second kappa shape index (κ2) is 5.63. The highest BCUT2D eigenvalue weighted by atomic mass is 16.5. The summed E-state index contributed by atoms with van der Waals surface area (Å²) in [5.41, 5.74) is 9.19. The van der Waals surface area contributed by atoms with E-state index < -0.39 is 0 Å². The molecule has 0 fully saturated rings. The molecule has 0 spiro atoms. The normalized spacial score (nSPS) is 11.4. The van der Waals surface area contributed by atoms with Crippen LogP contribution < -0.4 is 10.5 Å². The Morgan fingerprint density at radius 2 is 1.90 bits per heavy atom. The number of nitrogens with zero attached hydrogens (tertiary/aromatic N) is 1. The van der Waals surface area contributed by atoms with E-state index >= 15 is 0 Å². The summed E-state index contributed by atoms with van der Waals surface area (Å²) in [5, 5.41) is 0. The van der Waals surface area contributed by atoms with Gasteiger partial charge < -0.3 is 10.5 Å². The molecule has 106 valence electrons. The monoisotopic (exact) mass is 270 g/mol. The number of aryl methyl sites for hydroxylation is 1. The third kappa shape index (κ3) is 3.36. The first-order chi connectivity index (χ1) is 9.40. The molecular formula is C17H22N2O. The van der Waals surface area contributed by atoms with E-state index in [9.17, 15) is 0 Å². The van der Waals surface area contributed by atoms with Gasteiger partial charge in [-0.25, -0.2) is 4.98 Å². The second-order valence-corrected chi connectivity index (χ2v) is 6.04. The highest BCUT2D eigenvalue weighted by Crippen LogP contribution is 2.29. The summed E-state index contributed by atoms with van der Waals surface area (Å²) in [7, 11) is 0. The summed E-state index contributed by atoms with van der Waals surface area (Å²) in [6.07, 6.45) is 1.72. The van der Waals surface area contributed by atoms with E-state index in [1.54, 1.807) is 6.20 Å². The molecule has 1 heterocycles. The predicted molar refractivity (Wildman–Crippen MR) is 82.1 cm³/mol. The Balaban J connectivity index is 2.25. The molecule has 0 saturated heterocycles. The molecule has 3 nitrogen and oxygen atoms in total. The van der Waals surface area contributed by atoms with Crippen LogP contribution in [-0.2, 0) is 12.0 Å². The van der Waals surface area contributed by atoms with Crippen LogP contribution in [-0.4, -0.2) is 4.98 Å². The summed E-state index contributed by atoms with van der Waals surface area (Å²) in [6.45, 7) is 9.15. The van der Waals surface area contributed by atoms with E-state index in [1.165, 1.54) is 5.56 Å². The van der Waals surface area contributed by atoms with Crippen LogP contribution in [0.1, 0.15) is 37.5 Å². The van der Waals surface area contributed by atoms with Crippen molar-refractivity contribution in [3.05, 3.63) is 53.2 Å². The molecule has 0 saturated carbocycles. The first-order valence-electron chi connectivity index (χ1n) is 6.84. The average Bonchev–Trinajstić information content (AvgIpc) is 2.40. The van der Waals surface area contributed by atoms with Gasteiger partial charge in [0.1, 0.15) is 5.75 Å². The summed E-state index contributed by atoms with van der Waals surface area (Å²) in [4.78, 5) is 4.22. The van der Waals surface area contributed by atoms with Crippen LogP contribution in [0.25, 0.3) is 0 Å². The molecular weight excluding hydrogens is 248 g/mol. The number of nitrogens with two attached hydrogens (primary N) is 1. The zero-order chi connectivity index (χ0) is 14.8. The highest BCUT2D eigenvalue weighted by molar-refractivity contribution is 5.40. The number of ether oxygens (including phenoxy) is 1. The first kappa shape index (κ1) is 14.5. The third-order valence-corrected chi connectivity index (χ3v) is 3.29. The Bertz CT molecular complexity index is 600. The fourth-order valence-corrected chi connectivity index (χ4v) is 1.98. The Hall–Kier alpha value is -1.87. The minimum Gasteiger partial charge on any atom is -0.439 e. The van der Waals surface area contributed by atoms with E-state index in [-0.39, 0.29) is 5.41 Å². The SMILES string of the molecule is Cc1cc(C(C)(C)C)ccc1Oc1cc(CN)ccn1. The minimum atomic E-state index is 0.140. The number of hydrogen-bond acceptors (Lipinski definition) is 3. The molecule has 0 aliphatic rings. The number of hydrogen-bond donors (Lipinski definition) is 1. The van der Waals surface area contributed by atoms with Crippen LogP contribution in [0.15, 0.2) is 36.5 Å². The van der Waals surface area contributed by atoms with E-state index in [0.717, 1.165) is 16.9 Å². The first-order valence-corrected chi connectivity index (χ1v) is 6.84. The number of rotatable bonds is 3. The quantitative estimate of drug-likeness (QED) is 0.919. The lowest BCUT2D eigenvalue weighted by Crippen LogP contribution is -2.11. The van der Waals surface area contributed by atoms with Gasteiger partial charge in [-0.05, 0) is 41.2 Å². The molecule has 0 aliphatic heterocycles. The van der Waals surface area contributed by atoms with Crippen LogP contribution in [0.3, 0.4) is 0 Å². The van der Waals surface area contributed by atoms with Crippen molar-refractivity contribution in [3.8, 4) is 11.6 Å². The third-order valence-electron chi connectivity index (χ3n) is 3.29. The Morgan fingerprint density at radius 1 is 1.15 bits per heavy atom. The Labute approximate surface area is 120 Å². The predicted octanol–water partition coefficient (Wildman–Crippen LogP) is 3.94. The maximum Gasteiger partial charge on any atom is 0.219 e. The van der Waals surface area contributed by atoms with E-state index in [1.807, 2.05) is 18.2 Å². The van der Waals surface area contributed by atoms with Crippen LogP contribution in [0, 0.1) is 6.92 Å². The van der Waals surface area contributed by atoms with Gasteiger partial charge in [-0.2, -0.15) is 0 Å². The molecule has 1 aromatic carbocycles. The van der Waals surface area contributed by atoms with Gasteiger partial charge in [-0.3, -0.25) is 0 Å². The van der Waals surface area contributed by atoms with Gasteiger partial charge in [0.2, 0.25) is 5.88 Å². The van der Waals surface area contributed by atoms with Crippen molar-refractivity contribution in [2.75, 3.05) is 0 Å². The van der Waals surface area contributed by atoms with Crippen LogP contribution in [0.5, 0.6) is 11.6 Å². The molecule has 0 unspecified atom stereocenters. The van der Waals surface area contributed by atoms with Gasteiger partial charge in [0, 0.05) is 18.8 Å². The molecule has 0 atom stereocenters. The molecule has 3 heteroatoms. The lowest BCUT2D eigenvalue weighted by Gasteiger charge is -2.20. The summed E-state index contributed by atoms with van der Waals surface area (Å²) in [5.74, 6) is 1.42. The van der Waals surface area contributed by atoms with Gasteiger partial charge in [0.15, 0.2) is 0 Å². The number of aromatic nitrogens is 1. The zero-order valence-corrected chi connectivity index (χ0v) is 12.6. The summed E-state index contributed by atoms with van der Waals surface area (Å²) < 4.78 is 5.85. The van der Waals surface area contributed by atoms with Gasteiger partial charge >= 0.3 is 0 Å². The van der Waals surface area contributed by atoms with Gasteiger partial charge in [-0.1, -0.05) is 32.9 Å². The standard InChI is InChI=1S/C17H22N2O/c1-12-9-14(17(2,3)4)5-6-15(12)20-16-10-13(11-18)7-8-19-16/h5-10H,11,18H2,1-4H3. The topological polar surface area (TPSA) is 48.1 Å². The molecule has 0 amide bonds. The van der Waals surface area contributed by atoms with Gasteiger partial charge in [0.05, 0.1) is 0 Å². The van der Waals surface area contributed by atoms with Crippen molar-refractivity contribution >= 4 is 0 Å². The van der Waals surface area contributed by atoms with E-state index in [0.29, 0.717) is 12.4 Å². The van der Waals surface area contributed by atoms with Crippen molar-refractivity contribution < 1.29 is 4.74 Å². The summed E-state index contributed by atoms with van der Waals surface area (Å²) >= 11 is 0. The fraction of sp³-hybridized carbons (Fsp3) is 0.353. The lowest BCUT2D eigenvalue weighted by molar-refractivity contribution is 0.457. The summed E-state index contributed by atoms with van der Waals surface area (Å²) in [6, 6.07) is 10.0. The van der Waals surface area contributed by atoms with Gasteiger partial charge in [0.25, 0.3) is 0 Å². The largest absolute Gasteiger partial charge is 0.439 e.